The van der Waals surface area contributed by atoms with Crippen LogP contribution in [0, 0.1) is 6.92 Å². The van der Waals surface area contributed by atoms with Crippen LogP contribution in [0.15, 0.2) is 66.9 Å². The third-order valence-corrected chi connectivity index (χ3v) is 5.74. The number of aromatic nitrogens is 1. The Bertz CT molecular complexity index is 994. The van der Waals surface area contributed by atoms with Crippen molar-refractivity contribution < 1.29 is 5.11 Å². The van der Waals surface area contributed by atoms with Crippen molar-refractivity contribution in [1.29, 1.82) is 0 Å². The number of halogens is 2. The van der Waals surface area contributed by atoms with Gasteiger partial charge in [-0.2, -0.15) is 5.10 Å². The van der Waals surface area contributed by atoms with Gasteiger partial charge in [0.15, 0.2) is 0 Å². The quantitative estimate of drug-likeness (QED) is 0.492. The van der Waals surface area contributed by atoms with Crippen molar-refractivity contribution in [2.45, 2.75) is 13.3 Å². The predicted molar refractivity (Wildman–Crippen MR) is 114 cm³/mol. The average Bonchev–Trinajstić information content (AvgIpc) is 2.98. The Labute approximate surface area is 172 Å². The number of phenolic OH excluding ortho intramolecular Hbond substituents is 1. The molecule has 0 fully saturated rings. The minimum absolute atomic E-state index is 0.160. The normalized spacial score (nSPS) is 12.2. The van der Waals surface area contributed by atoms with Gasteiger partial charge >= 0.3 is 0 Å². The Morgan fingerprint density at radius 1 is 1.19 bits per heavy atom. The van der Waals surface area contributed by atoms with E-state index >= 15 is 0 Å². The minimum atomic E-state index is 0.160. The monoisotopic (exact) mass is 493 g/mol. The highest BCUT2D eigenvalue weighted by atomic mass is 79.9. The summed E-state index contributed by atoms with van der Waals surface area (Å²) in [7, 11) is 0. The van der Waals surface area contributed by atoms with Gasteiger partial charge < -0.3 is 5.11 Å². The zero-order valence-corrected chi connectivity index (χ0v) is 18.1. The molecule has 0 bridgehead atoms. The maximum atomic E-state index is 10.2. The second-order valence-electron chi connectivity index (χ2n) is 5.66. The molecule has 4 nitrogen and oxygen atoms in total. The number of aromatic hydroxyl groups is 1. The molecule has 0 atom stereocenters. The number of rotatable bonds is 5. The van der Waals surface area contributed by atoms with Crippen LogP contribution in [0.3, 0.4) is 0 Å². The molecule has 1 aromatic heterocycles. The summed E-state index contributed by atoms with van der Waals surface area (Å²) in [4.78, 5) is 5.52. The molecular weight excluding hydrogens is 478 g/mol. The first kappa shape index (κ1) is 19.1. The first-order valence-corrected chi connectivity index (χ1v) is 10.4. The van der Waals surface area contributed by atoms with Gasteiger partial charge in [0.2, 0.25) is 4.80 Å². The van der Waals surface area contributed by atoms with E-state index in [0.29, 0.717) is 16.6 Å². The van der Waals surface area contributed by atoms with Crippen LogP contribution < -0.4 is 4.80 Å². The lowest BCUT2D eigenvalue weighted by atomic mass is 10.2. The first-order valence-electron chi connectivity index (χ1n) is 7.98. The van der Waals surface area contributed by atoms with E-state index in [9.17, 15) is 5.11 Å². The molecule has 1 heterocycles. The highest BCUT2D eigenvalue weighted by Gasteiger charge is 2.06. The molecular formula is C19H17Br2N3OS. The lowest BCUT2D eigenvalue weighted by Gasteiger charge is -2.03. The number of phenols is 1. The lowest BCUT2D eigenvalue weighted by Crippen LogP contribution is -2.13. The van der Waals surface area contributed by atoms with Crippen LogP contribution in [0.4, 0.5) is 0 Å². The highest BCUT2D eigenvalue weighted by Crippen LogP contribution is 2.30. The summed E-state index contributed by atoms with van der Waals surface area (Å²) < 4.78 is 3.28. The van der Waals surface area contributed by atoms with Gasteiger partial charge in [0.05, 0.1) is 16.4 Å². The maximum Gasteiger partial charge on any atom is 0.205 e. The van der Waals surface area contributed by atoms with Gasteiger partial charge in [-0.3, -0.25) is 4.99 Å². The Morgan fingerprint density at radius 2 is 1.96 bits per heavy atom. The van der Waals surface area contributed by atoms with Crippen LogP contribution >= 0.6 is 43.2 Å². The second kappa shape index (κ2) is 8.79. The molecule has 7 heteroatoms. The topological polar surface area (TPSA) is 49.9 Å². The molecule has 0 saturated carbocycles. The Balaban J connectivity index is 1.83. The van der Waals surface area contributed by atoms with E-state index < -0.39 is 0 Å². The van der Waals surface area contributed by atoms with Crippen molar-refractivity contribution in [3.63, 3.8) is 0 Å². The van der Waals surface area contributed by atoms with Crippen molar-refractivity contribution in [3.05, 3.63) is 78.4 Å². The Kier molecular flexibility index (Phi) is 6.45. The van der Waals surface area contributed by atoms with E-state index in [1.165, 1.54) is 5.56 Å². The minimum Gasteiger partial charge on any atom is -0.506 e. The van der Waals surface area contributed by atoms with Crippen LogP contribution in [0.1, 0.15) is 16.8 Å². The van der Waals surface area contributed by atoms with Gasteiger partial charge in [-0.25, -0.2) is 4.68 Å². The standard InChI is InChI=1S/C19H17Br2N3OS/c1-13-12-26-19(22-8-7-14-5-3-2-4-6-14)24(13)23-11-15-9-16(20)10-17(21)18(15)25/h2-6,9-12,25H,7-8H2,1H3. The SMILES string of the molecule is Cc1csc(=NCCc2ccccc2)n1N=Cc1cc(Br)cc(Br)c1O. The molecule has 0 amide bonds. The number of hydrogen-bond donors (Lipinski definition) is 1. The van der Waals surface area contributed by atoms with Crippen LogP contribution in [-0.4, -0.2) is 22.5 Å². The van der Waals surface area contributed by atoms with Crippen LogP contribution in [0.2, 0.25) is 0 Å². The lowest BCUT2D eigenvalue weighted by molar-refractivity contribution is 0.471. The summed E-state index contributed by atoms with van der Waals surface area (Å²) in [5.74, 6) is 0.160. The number of aryl methyl sites for hydroxylation is 1. The zero-order chi connectivity index (χ0) is 18.5. The zero-order valence-electron chi connectivity index (χ0n) is 14.1. The van der Waals surface area contributed by atoms with Gasteiger partial charge in [-0.15, -0.1) is 11.3 Å². The van der Waals surface area contributed by atoms with Gasteiger partial charge in [-0.05, 0) is 47.0 Å². The summed E-state index contributed by atoms with van der Waals surface area (Å²) in [6.07, 6.45) is 2.53. The third kappa shape index (κ3) is 4.72. The predicted octanol–water partition coefficient (Wildman–Crippen LogP) is 5.11. The van der Waals surface area contributed by atoms with E-state index in [0.717, 1.165) is 21.4 Å². The summed E-state index contributed by atoms with van der Waals surface area (Å²) in [6.45, 7) is 2.69. The van der Waals surface area contributed by atoms with Crippen molar-refractivity contribution in [3.8, 4) is 5.75 Å². The molecule has 134 valence electrons. The molecule has 26 heavy (non-hydrogen) atoms. The first-order chi connectivity index (χ1) is 12.5. The van der Waals surface area contributed by atoms with Crippen LogP contribution in [0.25, 0.3) is 0 Å². The molecule has 0 unspecified atom stereocenters. The molecule has 0 aliphatic carbocycles. The number of nitrogens with zero attached hydrogens (tertiary/aromatic N) is 3. The van der Waals surface area contributed by atoms with Crippen molar-refractivity contribution in [2.24, 2.45) is 10.1 Å². The van der Waals surface area contributed by atoms with Gasteiger partial charge in [-0.1, -0.05) is 46.3 Å². The van der Waals surface area contributed by atoms with Crippen molar-refractivity contribution in [1.82, 2.24) is 4.68 Å². The molecule has 0 aliphatic rings. The van der Waals surface area contributed by atoms with E-state index in [1.807, 2.05) is 36.6 Å². The molecule has 0 radical (unpaired) electrons. The van der Waals surface area contributed by atoms with Gasteiger partial charge in [0.1, 0.15) is 5.75 Å². The van der Waals surface area contributed by atoms with Gasteiger partial charge in [0.25, 0.3) is 0 Å². The smallest absolute Gasteiger partial charge is 0.205 e. The van der Waals surface area contributed by atoms with Crippen molar-refractivity contribution >= 4 is 49.4 Å². The average molecular weight is 495 g/mol. The molecule has 0 aliphatic heterocycles. The van der Waals surface area contributed by atoms with Crippen LogP contribution in [0.5, 0.6) is 5.75 Å². The van der Waals surface area contributed by atoms with Gasteiger partial charge in [0, 0.05) is 22.0 Å². The van der Waals surface area contributed by atoms with E-state index in [4.69, 9.17) is 0 Å². The molecule has 0 spiro atoms. The fraction of sp³-hybridized carbons (Fsp3) is 0.158. The maximum absolute atomic E-state index is 10.2. The van der Waals surface area contributed by atoms with E-state index in [1.54, 1.807) is 28.3 Å². The molecule has 3 rings (SSSR count). The largest absolute Gasteiger partial charge is 0.506 e. The fourth-order valence-corrected chi connectivity index (χ4v) is 4.45. The summed E-state index contributed by atoms with van der Waals surface area (Å²) in [5.41, 5.74) is 2.89. The summed E-state index contributed by atoms with van der Waals surface area (Å²) in [6, 6.07) is 13.9. The number of benzene rings is 2. The van der Waals surface area contributed by atoms with E-state index in [2.05, 4.69) is 54.1 Å². The summed E-state index contributed by atoms with van der Waals surface area (Å²) >= 11 is 8.32. The molecule has 3 aromatic rings. The Morgan fingerprint density at radius 3 is 2.73 bits per heavy atom. The highest BCUT2D eigenvalue weighted by molar-refractivity contribution is 9.11. The molecule has 1 N–H and O–H groups in total. The Hall–Kier alpha value is -1.70. The van der Waals surface area contributed by atoms with Crippen LogP contribution in [-0.2, 0) is 6.42 Å². The van der Waals surface area contributed by atoms with E-state index in [-0.39, 0.29) is 5.75 Å². The number of hydrogen-bond acceptors (Lipinski definition) is 4. The van der Waals surface area contributed by atoms with Crippen molar-refractivity contribution in [2.75, 3.05) is 6.54 Å². The summed E-state index contributed by atoms with van der Waals surface area (Å²) in [5, 5.41) is 16.7. The second-order valence-corrected chi connectivity index (χ2v) is 8.27. The molecule has 0 saturated heterocycles. The molecule has 2 aromatic carbocycles. The fourth-order valence-electron chi connectivity index (χ4n) is 2.36. The third-order valence-electron chi connectivity index (χ3n) is 3.71. The number of thiazole rings is 1.